The topological polar surface area (TPSA) is 77.2 Å². The van der Waals surface area contributed by atoms with Crippen molar-refractivity contribution >= 4 is 28.2 Å². The van der Waals surface area contributed by atoms with Gasteiger partial charge in [0.25, 0.3) is 5.56 Å². The number of rotatable bonds is 4. The average molecular weight is 475 g/mol. The van der Waals surface area contributed by atoms with Crippen molar-refractivity contribution in [1.29, 1.82) is 0 Å². The van der Waals surface area contributed by atoms with Crippen LogP contribution in [0.25, 0.3) is 10.9 Å². The average Bonchev–Trinajstić information content (AvgIpc) is 2.84. The molecule has 1 aromatic carbocycles. The first-order valence-corrected chi connectivity index (χ1v) is 13.0. The number of hydrogen-bond acceptors (Lipinski definition) is 6. The lowest BCUT2D eigenvalue weighted by atomic mass is 9.75. The largest absolute Gasteiger partial charge is 0.356 e. The van der Waals surface area contributed by atoms with Crippen LogP contribution in [0, 0.1) is 11.3 Å². The summed E-state index contributed by atoms with van der Waals surface area (Å²) in [6.07, 6.45) is 6.16. The summed E-state index contributed by atoms with van der Waals surface area (Å²) in [6, 6.07) is 10.6. The minimum absolute atomic E-state index is 0.175. The number of aromatic amines is 1. The quantitative estimate of drug-likeness (QED) is 0.546. The molecule has 0 aliphatic carbocycles. The Hall–Kier alpha value is -2.93. The fourth-order valence-electron chi connectivity index (χ4n) is 5.62. The Morgan fingerprint density at radius 2 is 1.69 bits per heavy atom. The lowest BCUT2D eigenvalue weighted by molar-refractivity contribution is 0.199. The predicted molar refractivity (Wildman–Crippen MR) is 144 cm³/mol. The number of hydrogen-bond donors (Lipinski definition) is 2. The Labute approximate surface area is 208 Å². The van der Waals surface area contributed by atoms with Crippen molar-refractivity contribution in [2.45, 2.75) is 52.4 Å². The highest BCUT2D eigenvalue weighted by atomic mass is 16.1. The van der Waals surface area contributed by atoms with Crippen LogP contribution in [-0.4, -0.2) is 53.1 Å². The van der Waals surface area contributed by atoms with E-state index in [4.69, 9.17) is 4.98 Å². The van der Waals surface area contributed by atoms with Gasteiger partial charge in [-0.3, -0.25) is 4.79 Å². The van der Waals surface area contributed by atoms with Gasteiger partial charge in [-0.2, -0.15) is 0 Å². The summed E-state index contributed by atoms with van der Waals surface area (Å²) in [4.78, 5) is 29.6. The molecular weight excluding hydrogens is 436 g/mol. The summed E-state index contributed by atoms with van der Waals surface area (Å²) in [7, 11) is 2.19. The number of pyridine rings is 1. The molecule has 7 heteroatoms. The molecule has 0 atom stereocenters. The van der Waals surface area contributed by atoms with Crippen LogP contribution in [0.4, 0.5) is 17.3 Å². The molecule has 3 aromatic rings. The van der Waals surface area contributed by atoms with Gasteiger partial charge in [0.05, 0.1) is 11.8 Å². The van der Waals surface area contributed by atoms with Gasteiger partial charge in [0.15, 0.2) is 0 Å². The summed E-state index contributed by atoms with van der Waals surface area (Å²) in [5.41, 5.74) is 3.14. The SMILES string of the molecule is CN1CCC(c2ccc(Nc3nc(N4CCC(C(C)(C)C)CC4)cc4nc[nH]c(=O)c34)cc2)CC1. The van der Waals surface area contributed by atoms with Crippen molar-refractivity contribution < 1.29 is 0 Å². The number of aromatic nitrogens is 3. The molecule has 0 spiro atoms. The minimum atomic E-state index is -0.175. The van der Waals surface area contributed by atoms with Gasteiger partial charge in [-0.25, -0.2) is 9.97 Å². The third-order valence-corrected chi connectivity index (χ3v) is 8.02. The summed E-state index contributed by atoms with van der Waals surface area (Å²) in [5, 5.41) is 3.93. The predicted octanol–water partition coefficient (Wildman–Crippen LogP) is 5.13. The highest BCUT2D eigenvalue weighted by molar-refractivity contribution is 5.92. The van der Waals surface area contributed by atoms with Crippen LogP contribution in [0.1, 0.15) is 57.9 Å². The summed E-state index contributed by atoms with van der Waals surface area (Å²) >= 11 is 0. The van der Waals surface area contributed by atoms with Crippen molar-refractivity contribution in [3.8, 4) is 0 Å². The number of nitrogens with zero attached hydrogens (tertiary/aromatic N) is 4. The molecule has 2 aromatic heterocycles. The van der Waals surface area contributed by atoms with E-state index < -0.39 is 0 Å². The summed E-state index contributed by atoms with van der Waals surface area (Å²) < 4.78 is 0. The maximum Gasteiger partial charge on any atom is 0.262 e. The van der Waals surface area contributed by atoms with Gasteiger partial charge in [0.1, 0.15) is 17.0 Å². The molecule has 2 N–H and O–H groups in total. The minimum Gasteiger partial charge on any atom is -0.356 e. The van der Waals surface area contributed by atoms with Gasteiger partial charge in [-0.05, 0) is 80.8 Å². The second kappa shape index (κ2) is 9.61. The highest BCUT2D eigenvalue weighted by Gasteiger charge is 2.29. The van der Waals surface area contributed by atoms with E-state index in [2.05, 4.69) is 77.2 Å². The van der Waals surface area contributed by atoms with Crippen LogP contribution >= 0.6 is 0 Å². The van der Waals surface area contributed by atoms with Gasteiger partial charge >= 0.3 is 0 Å². The first-order valence-electron chi connectivity index (χ1n) is 13.0. The van der Waals surface area contributed by atoms with Crippen LogP contribution in [0.2, 0.25) is 0 Å². The standard InChI is InChI=1S/C28H38N6O/c1-28(2,3)21-11-15-34(16-12-21)24-17-23-25(27(35)30-18-29-23)26(32-24)31-22-7-5-19(6-8-22)20-9-13-33(4)14-10-20/h5-8,17-18,20-21H,9-16H2,1-4H3,(H,31,32)(H,29,30,35). The van der Waals surface area contributed by atoms with E-state index in [-0.39, 0.29) is 5.56 Å². The lowest BCUT2D eigenvalue weighted by Gasteiger charge is -2.39. The van der Waals surface area contributed by atoms with E-state index >= 15 is 0 Å². The van der Waals surface area contributed by atoms with Crippen molar-refractivity contribution in [3.05, 3.63) is 52.6 Å². The van der Waals surface area contributed by atoms with Crippen molar-refractivity contribution in [1.82, 2.24) is 19.9 Å². The molecule has 2 saturated heterocycles. The number of anilines is 3. The Bertz CT molecular complexity index is 1210. The molecule has 0 unspecified atom stereocenters. The van der Waals surface area contributed by atoms with Gasteiger partial charge in [-0.1, -0.05) is 32.9 Å². The molecule has 0 amide bonds. The first kappa shape index (κ1) is 23.8. The van der Waals surface area contributed by atoms with Crippen LogP contribution in [-0.2, 0) is 0 Å². The van der Waals surface area contributed by atoms with Crippen molar-refractivity contribution in [3.63, 3.8) is 0 Å². The second-order valence-electron chi connectivity index (χ2n) is 11.4. The van der Waals surface area contributed by atoms with E-state index in [1.165, 1.54) is 24.7 Å². The zero-order valence-corrected chi connectivity index (χ0v) is 21.5. The van der Waals surface area contributed by atoms with Gasteiger partial charge < -0.3 is 20.1 Å². The molecule has 2 aliphatic rings. The zero-order chi connectivity index (χ0) is 24.6. The third kappa shape index (κ3) is 5.20. The second-order valence-corrected chi connectivity index (χ2v) is 11.4. The summed E-state index contributed by atoms with van der Waals surface area (Å²) in [6.45, 7) is 11.2. The van der Waals surface area contributed by atoms with Gasteiger partial charge in [0.2, 0.25) is 0 Å². The van der Waals surface area contributed by atoms with E-state index in [0.717, 1.165) is 50.5 Å². The molecule has 4 heterocycles. The van der Waals surface area contributed by atoms with Crippen LogP contribution in [0.5, 0.6) is 0 Å². The molecule has 2 aliphatic heterocycles. The number of nitrogens with one attached hydrogen (secondary N) is 2. The van der Waals surface area contributed by atoms with Gasteiger partial charge in [0, 0.05) is 24.8 Å². The Morgan fingerprint density at radius 1 is 1.00 bits per heavy atom. The fourth-order valence-corrected chi connectivity index (χ4v) is 5.62. The van der Waals surface area contributed by atoms with Crippen LogP contribution in [0.15, 0.2) is 41.5 Å². The molecule has 35 heavy (non-hydrogen) atoms. The van der Waals surface area contributed by atoms with Crippen LogP contribution < -0.4 is 15.8 Å². The van der Waals surface area contributed by atoms with Crippen molar-refractivity contribution in [2.75, 3.05) is 43.4 Å². The van der Waals surface area contributed by atoms with E-state index in [0.29, 0.717) is 34.0 Å². The Morgan fingerprint density at radius 3 is 2.34 bits per heavy atom. The first-order chi connectivity index (χ1) is 16.8. The monoisotopic (exact) mass is 474 g/mol. The normalized spacial score (nSPS) is 18.8. The van der Waals surface area contributed by atoms with Crippen LogP contribution in [0.3, 0.4) is 0 Å². The number of likely N-dealkylation sites (tertiary alicyclic amines) is 1. The molecule has 0 bridgehead atoms. The maximum absolute atomic E-state index is 12.7. The van der Waals surface area contributed by atoms with E-state index in [1.807, 2.05) is 6.07 Å². The zero-order valence-electron chi connectivity index (χ0n) is 21.5. The van der Waals surface area contributed by atoms with Gasteiger partial charge in [-0.15, -0.1) is 0 Å². The maximum atomic E-state index is 12.7. The molecule has 2 fully saturated rings. The Balaban J connectivity index is 1.40. The number of fused-ring (bicyclic) bond motifs is 1. The number of piperidine rings is 2. The van der Waals surface area contributed by atoms with E-state index in [9.17, 15) is 4.79 Å². The Kier molecular flexibility index (Phi) is 6.53. The lowest BCUT2D eigenvalue weighted by Crippen LogP contribution is -2.38. The van der Waals surface area contributed by atoms with Crippen molar-refractivity contribution in [2.24, 2.45) is 11.3 Å². The smallest absolute Gasteiger partial charge is 0.262 e. The molecule has 0 saturated carbocycles. The number of benzene rings is 1. The molecular formula is C28H38N6O. The highest BCUT2D eigenvalue weighted by Crippen LogP contribution is 2.36. The third-order valence-electron chi connectivity index (χ3n) is 8.02. The molecule has 7 nitrogen and oxygen atoms in total. The molecule has 0 radical (unpaired) electrons. The molecule has 186 valence electrons. The fraction of sp³-hybridized carbons (Fsp3) is 0.536. The molecule has 5 rings (SSSR count). The van der Waals surface area contributed by atoms with E-state index in [1.54, 1.807) is 0 Å². The number of H-pyrrole nitrogens is 1. The summed E-state index contributed by atoms with van der Waals surface area (Å²) in [5.74, 6) is 2.77.